The van der Waals surface area contributed by atoms with Gasteiger partial charge in [0.1, 0.15) is 0 Å². The van der Waals surface area contributed by atoms with Crippen LogP contribution >= 0.6 is 23.1 Å². The molecule has 3 heterocycles. The highest BCUT2D eigenvalue weighted by molar-refractivity contribution is 7.99. The molecule has 2 aliphatic rings. The van der Waals surface area contributed by atoms with E-state index in [2.05, 4.69) is 28.9 Å². The Morgan fingerprint density at radius 1 is 1.41 bits per heavy atom. The third-order valence-electron chi connectivity index (χ3n) is 5.82. The number of aromatic nitrogens is 3. The van der Waals surface area contributed by atoms with Gasteiger partial charge in [0.2, 0.25) is 0 Å². The molecule has 0 bridgehead atoms. The molecule has 4 rings (SSSR count). The Kier molecular flexibility index (Phi) is 6.41. The maximum atomic E-state index is 13.3. The van der Waals surface area contributed by atoms with Gasteiger partial charge in [0.25, 0.3) is 5.91 Å². The molecule has 1 aliphatic heterocycles. The molecule has 0 radical (unpaired) electrons. The van der Waals surface area contributed by atoms with E-state index in [1.807, 2.05) is 34.3 Å². The van der Waals surface area contributed by atoms with E-state index in [1.165, 1.54) is 5.69 Å². The van der Waals surface area contributed by atoms with Crippen LogP contribution in [0.1, 0.15) is 38.9 Å². The highest BCUT2D eigenvalue weighted by Crippen LogP contribution is 2.29. The normalized spacial score (nSPS) is 19.4. The van der Waals surface area contributed by atoms with Crippen LogP contribution in [-0.2, 0) is 25.9 Å². The molecule has 1 atom stereocenters. The van der Waals surface area contributed by atoms with Crippen LogP contribution in [0.2, 0.25) is 0 Å². The summed E-state index contributed by atoms with van der Waals surface area (Å²) in [6.07, 6.45) is 4.76. The van der Waals surface area contributed by atoms with Crippen LogP contribution in [0.4, 0.5) is 0 Å². The minimum atomic E-state index is 0.0998. The van der Waals surface area contributed by atoms with Crippen molar-refractivity contribution in [3.63, 3.8) is 0 Å². The van der Waals surface area contributed by atoms with Crippen LogP contribution in [0, 0.1) is 6.92 Å². The molecule has 29 heavy (non-hydrogen) atoms. The van der Waals surface area contributed by atoms with Gasteiger partial charge in [0.05, 0.1) is 17.2 Å². The lowest BCUT2D eigenvalue weighted by Crippen LogP contribution is -2.40. The molecule has 0 aromatic carbocycles. The number of aryl methyl sites for hydroxylation is 1. The first kappa shape index (κ1) is 20.6. The Balaban J connectivity index is 1.56. The van der Waals surface area contributed by atoms with Gasteiger partial charge in [0.15, 0.2) is 5.69 Å². The van der Waals surface area contributed by atoms with Gasteiger partial charge >= 0.3 is 0 Å². The lowest BCUT2D eigenvalue weighted by Gasteiger charge is -2.32. The highest BCUT2D eigenvalue weighted by atomic mass is 32.2. The van der Waals surface area contributed by atoms with Gasteiger partial charge in [-0.05, 0) is 33.2 Å². The molecule has 2 aromatic rings. The number of hydrogen-bond acceptors (Lipinski definition) is 6. The molecule has 0 spiro atoms. The summed E-state index contributed by atoms with van der Waals surface area (Å²) in [5.41, 5.74) is 4.16. The third-order valence-corrected chi connectivity index (χ3v) is 7.59. The number of likely N-dealkylation sites (N-methyl/N-ethyl adjacent to an activating group) is 1. The first-order chi connectivity index (χ1) is 14.1. The molecular weight excluding hydrogens is 402 g/mol. The molecule has 0 unspecified atom stereocenters. The first-order valence-corrected chi connectivity index (χ1v) is 12.3. The zero-order valence-electron chi connectivity index (χ0n) is 17.3. The Morgan fingerprint density at radius 3 is 2.90 bits per heavy atom. The van der Waals surface area contributed by atoms with Gasteiger partial charge < -0.3 is 4.90 Å². The van der Waals surface area contributed by atoms with E-state index in [0.717, 1.165) is 66.7 Å². The number of carbonyl (C=O) groups is 1. The van der Waals surface area contributed by atoms with Gasteiger partial charge in [-0.15, -0.1) is 17.9 Å². The largest absolute Gasteiger partial charge is 0.336 e. The molecule has 1 amide bonds. The second-order valence-electron chi connectivity index (χ2n) is 7.82. The second kappa shape index (κ2) is 9.02. The summed E-state index contributed by atoms with van der Waals surface area (Å²) in [7, 11) is 2.17. The Hall–Kier alpha value is -1.64. The minimum absolute atomic E-state index is 0.0998. The van der Waals surface area contributed by atoms with Crippen LogP contribution in [0.25, 0.3) is 0 Å². The summed E-state index contributed by atoms with van der Waals surface area (Å²) in [5, 5.41) is 8.01. The summed E-state index contributed by atoms with van der Waals surface area (Å²) in [5.74, 6) is 2.13. The number of carbonyl (C=O) groups excluding carboxylic acids is 1. The van der Waals surface area contributed by atoms with Crippen molar-refractivity contribution >= 4 is 29.0 Å². The number of thiazole rings is 1. The zero-order valence-corrected chi connectivity index (χ0v) is 18.9. The summed E-state index contributed by atoms with van der Waals surface area (Å²) in [6.45, 7) is 9.05. The average Bonchev–Trinajstić information content (AvgIpc) is 3.31. The van der Waals surface area contributed by atoms with Crippen molar-refractivity contribution in [1.82, 2.24) is 24.6 Å². The van der Waals surface area contributed by atoms with Gasteiger partial charge in [-0.1, -0.05) is 6.08 Å². The summed E-state index contributed by atoms with van der Waals surface area (Å²) >= 11 is 3.62. The standard InChI is InChI=1S/C21H29N5OS2/c1-4-7-26-19-6-5-17(24(3)13-16-14-29-15(2)22-16)12-18(19)20(23-26)21(27)25-8-10-28-11-9-25/h4,14,17H,1,5-13H2,2-3H3/t17-/m1/s1. The quantitative estimate of drug-likeness (QED) is 0.658. The van der Waals surface area contributed by atoms with E-state index in [9.17, 15) is 4.79 Å². The fourth-order valence-corrected chi connectivity index (χ4v) is 5.78. The van der Waals surface area contributed by atoms with Crippen LogP contribution < -0.4 is 0 Å². The van der Waals surface area contributed by atoms with Crippen molar-refractivity contribution in [3.8, 4) is 0 Å². The van der Waals surface area contributed by atoms with Gasteiger partial charge in [0, 0.05) is 53.8 Å². The Morgan fingerprint density at radius 2 is 2.21 bits per heavy atom. The molecule has 1 aliphatic carbocycles. The van der Waals surface area contributed by atoms with E-state index >= 15 is 0 Å². The lowest BCUT2D eigenvalue weighted by molar-refractivity contribution is 0.0763. The Labute approximate surface area is 181 Å². The van der Waals surface area contributed by atoms with Crippen molar-refractivity contribution in [1.29, 1.82) is 0 Å². The van der Waals surface area contributed by atoms with Crippen LogP contribution in [0.3, 0.4) is 0 Å². The second-order valence-corrected chi connectivity index (χ2v) is 10.1. The number of nitrogens with zero attached hydrogens (tertiary/aromatic N) is 5. The van der Waals surface area contributed by atoms with E-state index in [-0.39, 0.29) is 5.91 Å². The smallest absolute Gasteiger partial charge is 0.274 e. The molecule has 8 heteroatoms. The molecule has 1 saturated heterocycles. The monoisotopic (exact) mass is 431 g/mol. The van der Waals surface area contributed by atoms with Crippen LogP contribution in [0.5, 0.6) is 0 Å². The van der Waals surface area contributed by atoms with Crippen molar-refractivity contribution in [3.05, 3.63) is 45.7 Å². The lowest BCUT2D eigenvalue weighted by atomic mass is 9.90. The minimum Gasteiger partial charge on any atom is -0.336 e. The molecule has 1 fully saturated rings. The number of hydrogen-bond donors (Lipinski definition) is 0. The number of thioether (sulfide) groups is 1. The number of allylic oxidation sites excluding steroid dienone is 1. The predicted octanol–water partition coefficient (Wildman–Crippen LogP) is 3.01. The van der Waals surface area contributed by atoms with Crippen LogP contribution in [0.15, 0.2) is 18.0 Å². The van der Waals surface area contributed by atoms with E-state index in [4.69, 9.17) is 5.10 Å². The third kappa shape index (κ3) is 4.44. The fourth-order valence-electron chi connectivity index (χ4n) is 4.27. The number of amides is 1. The summed E-state index contributed by atoms with van der Waals surface area (Å²) in [6, 6.07) is 0.398. The van der Waals surface area contributed by atoms with Crippen LogP contribution in [-0.4, -0.2) is 68.2 Å². The van der Waals surface area contributed by atoms with E-state index in [1.54, 1.807) is 11.3 Å². The first-order valence-electron chi connectivity index (χ1n) is 10.2. The molecule has 0 saturated carbocycles. The van der Waals surface area contributed by atoms with Crippen molar-refractivity contribution < 1.29 is 4.79 Å². The summed E-state index contributed by atoms with van der Waals surface area (Å²) in [4.78, 5) is 22.2. The molecule has 6 nitrogen and oxygen atoms in total. The number of fused-ring (bicyclic) bond motifs is 1. The van der Waals surface area contributed by atoms with Crippen molar-refractivity contribution in [2.75, 3.05) is 31.6 Å². The maximum Gasteiger partial charge on any atom is 0.274 e. The Bertz CT molecular complexity index is 884. The van der Waals surface area contributed by atoms with Crippen molar-refractivity contribution in [2.24, 2.45) is 0 Å². The molecule has 2 aromatic heterocycles. The van der Waals surface area contributed by atoms with E-state index < -0.39 is 0 Å². The van der Waals surface area contributed by atoms with E-state index in [0.29, 0.717) is 18.3 Å². The SMILES string of the molecule is C=CCn1nc(C(=O)N2CCSCC2)c2c1CC[C@@H](N(C)Cc1csc(C)n1)C2. The predicted molar refractivity (Wildman–Crippen MR) is 120 cm³/mol. The van der Waals surface area contributed by atoms with Gasteiger partial charge in [-0.2, -0.15) is 16.9 Å². The average molecular weight is 432 g/mol. The number of rotatable bonds is 6. The maximum absolute atomic E-state index is 13.3. The topological polar surface area (TPSA) is 54.3 Å². The molecular formula is C21H29N5OS2. The molecule has 0 N–H and O–H groups in total. The summed E-state index contributed by atoms with van der Waals surface area (Å²) < 4.78 is 1.99. The van der Waals surface area contributed by atoms with Gasteiger partial charge in [-0.25, -0.2) is 4.98 Å². The van der Waals surface area contributed by atoms with Crippen molar-refractivity contribution in [2.45, 2.75) is 45.3 Å². The highest BCUT2D eigenvalue weighted by Gasteiger charge is 2.32. The molecule has 156 valence electrons. The van der Waals surface area contributed by atoms with Gasteiger partial charge in [-0.3, -0.25) is 14.4 Å². The fraction of sp³-hybridized carbons (Fsp3) is 0.571. The zero-order chi connectivity index (χ0) is 20.4.